The lowest BCUT2D eigenvalue weighted by molar-refractivity contribution is -0.119. The molecule has 0 fully saturated rings. The zero-order valence-corrected chi connectivity index (χ0v) is 19.6. The van der Waals surface area contributed by atoms with Gasteiger partial charge in [-0.2, -0.15) is 0 Å². The van der Waals surface area contributed by atoms with Crippen molar-refractivity contribution in [2.24, 2.45) is 0 Å². The van der Waals surface area contributed by atoms with E-state index in [4.69, 9.17) is 9.47 Å². The van der Waals surface area contributed by atoms with Crippen molar-refractivity contribution >= 4 is 29.2 Å². The summed E-state index contributed by atoms with van der Waals surface area (Å²) in [5.41, 5.74) is 1.03. The molecule has 4 rings (SSSR count). The standard InChI is InChI=1S/C26H26N2O4S/c1-26(2)16-22(20-14-18(31-3)11-12-23(20)32-26)28-25(30)21(15-19-10-7-13-33-19)27-24(29)17-8-5-4-6-9-17/h4-15,22H,16H2,1-3H3,(H,27,29)(H,28,30)/b21-15-. The van der Waals surface area contributed by atoms with E-state index in [-0.39, 0.29) is 23.6 Å². The third kappa shape index (κ3) is 5.43. The van der Waals surface area contributed by atoms with Crippen molar-refractivity contribution in [2.75, 3.05) is 7.11 Å². The van der Waals surface area contributed by atoms with Gasteiger partial charge in [-0.25, -0.2) is 0 Å². The molecule has 1 aromatic heterocycles. The van der Waals surface area contributed by atoms with Gasteiger partial charge in [0.05, 0.1) is 13.2 Å². The number of ether oxygens (including phenoxy) is 2. The van der Waals surface area contributed by atoms with Crippen LogP contribution < -0.4 is 20.1 Å². The van der Waals surface area contributed by atoms with Crippen LogP contribution in [0.3, 0.4) is 0 Å². The lowest BCUT2D eigenvalue weighted by atomic mass is 9.89. The number of methoxy groups -OCH3 is 1. The molecule has 1 aliphatic heterocycles. The number of nitrogens with one attached hydrogen (secondary N) is 2. The number of amides is 2. The zero-order chi connectivity index (χ0) is 23.4. The highest BCUT2D eigenvalue weighted by molar-refractivity contribution is 7.10. The minimum Gasteiger partial charge on any atom is -0.497 e. The molecule has 2 N–H and O–H groups in total. The Hall–Kier alpha value is -3.58. The molecule has 6 nitrogen and oxygen atoms in total. The molecule has 0 saturated carbocycles. The third-order valence-corrected chi connectivity index (χ3v) is 6.16. The van der Waals surface area contributed by atoms with Gasteiger partial charge in [-0.1, -0.05) is 24.3 Å². The molecule has 0 radical (unpaired) electrons. The van der Waals surface area contributed by atoms with E-state index in [0.717, 1.165) is 10.4 Å². The maximum absolute atomic E-state index is 13.4. The van der Waals surface area contributed by atoms with E-state index in [1.807, 2.05) is 55.6 Å². The van der Waals surface area contributed by atoms with E-state index in [1.54, 1.807) is 37.5 Å². The second kappa shape index (κ2) is 9.50. The van der Waals surface area contributed by atoms with Gasteiger partial charge in [0.25, 0.3) is 11.8 Å². The molecule has 1 aliphatic rings. The van der Waals surface area contributed by atoms with Crippen LogP contribution in [-0.4, -0.2) is 24.5 Å². The topological polar surface area (TPSA) is 76.7 Å². The monoisotopic (exact) mass is 462 g/mol. The number of hydrogen-bond donors (Lipinski definition) is 2. The smallest absolute Gasteiger partial charge is 0.268 e. The first kappa shape index (κ1) is 22.6. The molecule has 33 heavy (non-hydrogen) atoms. The maximum atomic E-state index is 13.4. The molecule has 0 saturated heterocycles. The summed E-state index contributed by atoms with van der Waals surface area (Å²) in [7, 11) is 1.60. The number of thiophene rings is 1. The van der Waals surface area contributed by atoms with Crippen LogP contribution in [0.25, 0.3) is 6.08 Å². The number of carbonyl (C=O) groups is 2. The van der Waals surface area contributed by atoms with E-state index in [2.05, 4.69) is 10.6 Å². The van der Waals surface area contributed by atoms with Gasteiger partial charge in [-0.05, 0) is 61.7 Å². The summed E-state index contributed by atoms with van der Waals surface area (Å²) < 4.78 is 11.5. The fourth-order valence-corrected chi connectivity index (χ4v) is 4.44. The van der Waals surface area contributed by atoms with E-state index in [1.165, 1.54) is 11.3 Å². The van der Waals surface area contributed by atoms with Crippen LogP contribution in [0, 0.1) is 0 Å². The summed E-state index contributed by atoms with van der Waals surface area (Å²) in [6.07, 6.45) is 2.26. The van der Waals surface area contributed by atoms with Gasteiger partial charge < -0.3 is 20.1 Å². The van der Waals surface area contributed by atoms with Gasteiger partial charge >= 0.3 is 0 Å². The molecule has 2 heterocycles. The molecule has 0 aliphatic carbocycles. The average molecular weight is 463 g/mol. The summed E-state index contributed by atoms with van der Waals surface area (Å²) in [5, 5.41) is 7.81. The maximum Gasteiger partial charge on any atom is 0.268 e. The van der Waals surface area contributed by atoms with Crippen LogP contribution in [0.1, 0.15) is 47.1 Å². The minimum absolute atomic E-state index is 0.181. The Kier molecular flexibility index (Phi) is 6.51. The highest BCUT2D eigenvalue weighted by Crippen LogP contribution is 2.41. The Labute approximate surface area is 197 Å². The number of carbonyl (C=O) groups excluding carboxylic acids is 2. The molecular formula is C26H26N2O4S. The Morgan fingerprint density at radius 1 is 1.12 bits per heavy atom. The first-order valence-corrected chi connectivity index (χ1v) is 11.5. The summed E-state index contributed by atoms with van der Waals surface area (Å²) >= 11 is 1.49. The van der Waals surface area contributed by atoms with E-state index in [9.17, 15) is 9.59 Å². The Balaban J connectivity index is 1.62. The molecule has 3 aromatic rings. The summed E-state index contributed by atoms with van der Waals surface area (Å²) in [4.78, 5) is 27.1. The number of hydrogen-bond acceptors (Lipinski definition) is 5. The molecule has 7 heteroatoms. The van der Waals surface area contributed by atoms with Gasteiger partial charge in [0.15, 0.2) is 0 Å². The van der Waals surface area contributed by atoms with Crippen LogP contribution in [0.15, 0.2) is 71.7 Å². The van der Waals surface area contributed by atoms with Crippen molar-refractivity contribution in [1.29, 1.82) is 0 Å². The number of fused-ring (bicyclic) bond motifs is 1. The van der Waals surface area contributed by atoms with Crippen molar-refractivity contribution in [3.05, 3.63) is 87.7 Å². The second-order valence-electron chi connectivity index (χ2n) is 8.39. The molecule has 0 spiro atoms. The molecule has 1 atom stereocenters. The molecule has 2 amide bonds. The fraction of sp³-hybridized carbons (Fsp3) is 0.231. The quantitative estimate of drug-likeness (QED) is 0.509. The Morgan fingerprint density at radius 2 is 1.91 bits per heavy atom. The van der Waals surface area contributed by atoms with Crippen molar-refractivity contribution in [3.8, 4) is 11.5 Å². The number of rotatable bonds is 6. The third-order valence-electron chi connectivity index (χ3n) is 5.34. The van der Waals surface area contributed by atoms with Crippen LogP contribution >= 0.6 is 11.3 Å². The van der Waals surface area contributed by atoms with Gasteiger partial charge in [0, 0.05) is 22.4 Å². The van der Waals surface area contributed by atoms with Crippen molar-refractivity contribution in [2.45, 2.75) is 31.9 Å². The van der Waals surface area contributed by atoms with E-state index in [0.29, 0.717) is 23.5 Å². The van der Waals surface area contributed by atoms with Crippen LogP contribution in [0.5, 0.6) is 11.5 Å². The van der Waals surface area contributed by atoms with Gasteiger partial charge in [0.2, 0.25) is 0 Å². The van der Waals surface area contributed by atoms with Gasteiger partial charge in [-0.15, -0.1) is 11.3 Å². The van der Waals surface area contributed by atoms with Crippen molar-refractivity contribution in [1.82, 2.24) is 10.6 Å². The normalized spacial score (nSPS) is 16.8. The summed E-state index contributed by atoms with van der Waals surface area (Å²) in [5.74, 6) is 0.671. The molecule has 2 aromatic carbocycles. The predicted molar refractivity (Wildman–Crippen MR) is 129 cm³/mol. The largest absolute Gasteiger partial charge is 0.497 e. The Bertz CT molecular complexity index is 1170. The zero-order valence-electron chi connectivity index (χ0n) is 18.8. The van der Waals surface area contributed by atoms with Crippen molar-refractivity contribution < 1.29 is 19.1 Å². The minimum atomic E-state index is -0.468. The van der Waals surface area contributed by atoms with Crippen LogP contribution in [-0.2, 0) is 4.79 Å². The average Bonchev–Trinajstić information content (AvgIpc) is 3.31. The number of benzene rings is 2. The molecule has 170 valence electrons. The van der Waals surface area contributed by atoms with Crippen molar-refractivity contribution in [3.63, 3.8) is 0 Å². The van der Waals surface area contributed by atoms with Crippen LogP contribution in [0.4, 0.5) is 0 Å². The lowest BCUT2D eigenvalue weighted by Gasteiger charge is -2.38. The lowest BCUT2D eigenvalue weighted by Crippen LogP contribution is -2.43. The van der Waals surface area contributed by atoms with E-state index >= 15 is 0 Å². The summed E-state index contributed by atoms with van der Waals surface area (Å²) in [6.45, 7) is 3.97. The highest BCUT2D eigenvalue weighted by Gasteiger charge is 2.35. The SMILES string of the molecule is COc1ccc2c(c1)C(NC(=O)/C(=C/c1cccs1)NC(=O)c1ccccc1)CC(C)(C)O2. The molecular weight excluding hydrogens is 436 g/mol. The second-order valence-corrected chi connectivity index (χ2v) is 9.37. The first-order valence-electron chi connectivity index (χ1n) is 10.6. The van der Waals surface area contributed by atoms with E-state index < -0.39 is 5.60 Å². The molecule has 1 unspecified atom stereocenters. The van der Waals surface area contributed by atoms with Gasteiger partial charge in [-0.3, -0.25) is 9.59 Å². The van der Waals surface area contributed by atoms with Gasteiger partial charge in [0.1, 0.15) is 22.8 Å². The summed E-state index contributed by atoms with van der Waals surface area (Å²) in [6, 6.07) is 17.9. The Morgan fingerprint density at radius 3 is 2.61 bits per heavy atom. The van der Waals surface area contributed by atoms with Crippen LogP contribution in [0.2, 0.25) is 0 Å². The fourth-order valence-electron chi connectivity index (χ4n) is 3.78. The highest BCUT2D eigenvalue weighted by atomic mass is 32.1. The first-order chi connectivity index (χ1) is 15.8. The molecule has 0 bridgehead atoms. The predicted octanol–water partition coefficient (Wildman–Crippen LogP) is 4.95.